The average molecular weight is 313 g/mol. The lowest BCUT2D eigenvalue weighted by molar-refractivity contribution is 0.258. The number of halogens is 2. The largest absolute Gasteiger partial charge is 0.394 e. The van der Waals surface area contributed by atoms with Crippen LogP contribution in [-0.4, -0.2) is 20.1 Å². The van der Waals surface area contributed by atoms with Crippen molar-refractivity contribution in [1.82, 2.24) is 4.72 Å². The molecule has 0 spiro atoms. The van der Waals surface area contributed by atoms with Gasteiger partial charge in [0.15, 0.2) is 0 Å². The number of aliphatic hydroxyl groups excluding tert-OH is 1. The van der Waals surface area contributed by atoms with E-state index in [1.807, 2.05) is 0 Å². The summed E-state index contributed by atoms with van der Waals surface area (Å²) in [5, 5.41) is 9.32. The van der Waals surface area contributed by atoms with Crippen LogP contribution in [-0.2, 0) is 10.0 Å². The lowest BCUT2D eigenvalue weighted by atomic mass is 10.1. The molecule has 2 aromatic carbocycles. The fraction of sp³-hybridized carbons (Fsp3) is 0.143. The molecule has 0 radical (unpaired) electrons. The van der Waals surface area contributed by atoms with Crippen molar-refractivity contribution < 1.29 is 22.3 Å². The molecule has 7 heteroatoms. The average Bonchev–Trinajstić information content (AvgIpc) is 2.45. The zero-order valence-electron chi connectivity index (χ0n) is 10.8. The molecule has 2 aromatic rings. The molecule has 0 aliphatic carbocycles. The van der Waals surface area contributed by atoms with Crippen LogP contribution >= 0.6 is 0 Å². The quantitative estimate of drug-likeness (QED) is 0.887. The molecule has 0 aliphatic rings. The van der Waals surface area contributed by atoms with Gasteiger partial charge in [0.05, 0.1) is 12.6 Å². The summed E-state index contributed by atoms with van der Waals surface area (Å²) in [6.07, 6.45) is 0. The Morgan fingerprint density at radius 3 is 2.33 bits per heavy atom. The van der Waals surface area contributed by atoms with Crippen LogP contribution in [0.15, 0.2) is 53.4 Å². The second-order valence-electron chi connectivity index (χ2n) is 4.34. The zero-order chi connectivity index (χ0) is 15.5. The van der Waals surface area contributed by atoms with Crippen LogP contribution in [0.1, 0.15) is 11.6 Å². The number of aliphatic hydroxyl groups is 1. The van der Waals surface area contributed by atoms with Gasteiger partial charge in [-0.1, -0.05) is 30.3 Å². The summed E-state index contributed by atoms with van der Waals surface area (Å²) in [5.41, 5.74) is 0.533. The highest BCUT2D eigenvalue weighted by molar-refractivity contribution is 7.89. The fourth-order valence-corrected chi connectivity index (χ4v) is 3.11. The molecule has 0 heterocycles. The number of rotatable bonds is 5. The van der Waals surface area contributed by atoms with Gasteiger partial charge in [-0.05, 0) is 17.7 Å². The van der Waals surface area contributed by atoms with Gasteiger partial charge in [-0.3, -0.25) is 0 Å². The van der Waals surface area contributed by atoms with Crippen LogP contribution in [0.3, 0.4) is 0 Å². The number of nitrogens with one attached hydrogen (secondary N) is 1. The van der Waals surface area contributed by atoms with Crippen molar-refractivity contribution >= 4 is 10.0 Å². The molecule has 0 aromatic heterocycles. The van der Waals surface area contributed by atoms with Gasteiger partial charge in [0, 0.05) is 6.07 Å². The maximum atomic E-state index is 13.6. The fourth-order valence-electron chi connectivity index (χ4n) is 1.84. The second-order valence-corrected chi connectivity index (χ2v) is 6.02. The molecule has 0 aliphatic heterocycles. The minimum absolute atomic E-state index is 0.491. The SMILES string of the molecule is O=S(=O)(N[C@@H](CO)c1ccccc1)c1ccc(F)cc1F. The topological polar surface area (TPSA) is 66.4 Å². The Balaban J connectivity index is 2.32. The van der Waals surface area contributed by atoms with E-state index in [1.54, 1.807) is 30.3 Å². The third-order valence-electron chi connectivity index (χ3n) is 2.87. The Morgan fingerprint density at radius 1 is 1.10 bits per heavy atom. The van der Waals surface area contributed by atoms with E-state index >= 15 is 0 Å². The maximum Gasteiger partial charge on any atom is 0.244 e. The molecule has 112 valence electrons. The highest BCUT2D eigenvalue weighted by Crippen LogP contribution is 2.19. The number of sulfonamides is 1. The molecule has 0 fully saturated rings. The third-order valence-corrected chi connectivity index (χ3v) is 4.37. The van der Waals surface area contributed by atoms with Gasteiger partial charge in [0.25, 0.3) is 0 Å². The van der Waals surface area contributed by atoms with Crippen LogP contribution in [0.2, 0.25) is 0 Å². The van der Waals surface area contributed by atoms with Crippen molar-refractivity contribution in [3.8, 4) is 0 Å². The smallest absolute Gasteiger partial charge is 0.244 e. The van der Waals surface area contributed by atoms with Crippen molar-refractivity contribution in [1.29, 1.82) is 0 Å². The van der Waals surface area contributed by atoms with Gasteiger partial charge in [-0.2, -0.15) is 0 Å². The highest BCUT2D eigenvalue weighted by Gasteiger charge is 2.24. The minimum atomic E-state index is -4.22. The van der Waals surface area contributed by atoms with E-state index < -0.39 is 39.2 Å². The summed E-state index contributed by atoms with van der Waals surface area (Å²) in [6, 6.07) is 9.64. The predicted octanol–water partition coefficient (Wildman–Crippen LogP) is 1.98. The Kier molecular flexibility index (Phi) is 4.66. The van der Waals surface area contributed by atoms with Gasteiger partial charge in [0.1, 0.15) is 16.5 Å². The molecule has 0 saturated carbocycles. The summed E-state index contributed by atoms with van der Waals surface area (Å²) >= 11 is 0. The van der Waals surface area contributed by atoms with Crippen molar-refractivity contribution in [2.24, 2.45) is 0 Å². The minimum Gasteiger partial charge on any atom is -0.394 e. The molecule has 4 nitrogen and oxygen atoms in total. The summed E-state index contributed by atoms with van der Waals surface area (Å²) in [4.78, 5) is -0.668. The van der Waals surface area contributed by atoms with Crippen LogP contribution in [0.25, 0.3) is 0 Å². The maximum absolute atomic E-state index is 13.6. The summed E-state index contributed by atoms with van der Waals surface area (Å²) < 4.78 is 52.9. The Hall–Kier alpha value is -1.83. The van der Waals surface area contributed by atoms with E-state index in [1.165, 1.54) is 0 Å². The van der Waals surface area contributed by atoms with Gasteiger partial charge in [-0.15, -0.1) is 0 Å². The van der Waals surface area contributed by atoms with Crippen molar-refractivity contribution in [3.63, 3.8) is 0 Å². The van der Waals surface area contributed by atoms with E-state index in [2.05, 4.69) is 4.72 Å². The van der Waals surface area contributed by atoms with Crippen LogP contribution in [0, 0.1) is 11.6 Å². The summed E-state index contributed by atoms with van der Waals surface area (Å²) in [5.74, 6) is -2.06. The monoisotopic (exact) mass is 313 g/mol. The number of benzene rings is 2. The van der Waals surface area contributed by atoms with Crippen molar-refractivity contribution in [2.75, 3.05) is 6.61 Å². The first-order valence-corrected chi connectivity index (χ1v) is 7.55. The molecule has 2 rings (SSSR count). The molecule has 0 amide bonds. The van der Waals surface area contributed by atoms with Crippen molar-refractivity contribution in [3.05, 3.63) is 65.7 Å². The van der Waals surface area contributed by atoms with Gasteiger partial charge < -0.3 is 5.11 Å². The molecule has 21 heavy (non-hydrogen) atoms. The molecule has 2 N–H and O–H groups in total. The molecule has 0 saturated heterocycles. The van der Waals surface area contributed by atoms with E-state index in [4.69, 9.17) is 0 Å². The first kappa shape index (κ1) is 15.6. The standard InChI is InChI=1S/C14H13F2NO3S/c15-11-6-7-14(12(16)8-11)21(19,20)17-13(9-18)10-4-2-1-3-5-10/h1-8,13,17-18H,9H2/t13-/m0/s1. The first-order chi connectivity index (χ1) is 9.94. The Morgan fingerprint density at radius 2 is 1.76 bits per heavy atom. The lowest BCUT2D eigenvalue weighted by Crippen LogP contribution is -2.31. The summed E-state index contributed by atoms with van der Waals surface area (Å²) in [7, 11) is -4.22. The molecule has 1 atom stereocenters. The van der Waals surface area contributed by atoms with E-state index in [0.717, 1.165) is 12.1 Å². The normalized spacial score (nSPS) is 13.1. The van der Waals surface area contributed by atoms with E-state index in [0.29, 0.717) is 11.6 Å². The van der Waals surface area contributed by atoms with Crippen molar-refractivity contribution in [2.45, 2.75) is 10.9 Å². The van der Waals surface area contributed by atoms with Crippen LogP contribution < -0.4 is 4.72 Å². The highest BCUT2D eigenvalue weighted by atomic mass is 32.2. The number of hydrogen-bond donors (Lipinski definition) is 2. The molecular formula is C14H13F2NO3S. The molecule has 0 unspecified atom stereocenters. The first-order valence-electron chi connectivity index (χ1n) is 6.07. The summed E-state index contributed by atoms with van der Waals surface area (Å²) in [6.45, 7) is -0.494. The lowest BCUT2D eigenvalue weighted by Gasteiger charge is -2.17. The Bertz CT molecular complexity index is 720. The zero-order valence-corrected chi connectivity index (χ0v) is 11.6. The van der Waals surface area contributed by atoms with E-state index in [9.17, 15) is 22.3 Å². The predicted molar refractivity (Wildman–Crippen MR) is 72.9 cm³/mol. The Labute approximate surface area is 121 Å². The second kappa shape index (κ2) is 6.30. The van der Waals surface area contributed by atoms with Crippen LogP contribution in [0.4, 0.5) is 8.78 Å². The van der Waals surface area contributed by atoms with Gasteiger partial charge in [-0.25, -0.2) is 21.9 Å². The van der Waals surface area contributed by atoms with Gasteiger partial charge in [0.2, 0.25) is 10.0 Å². The van der Waals surface area contributed by atoms with Crippen LogP contribution in [0.5, 0.6) is 0 Å². The van der Waals surface area contributed by atoms with E-state index in [-0.39, 0.29) is 0 Å². The van der Waals surface area contributed by atoms with Gasteiger partial charge >= 0.3 is 0 Å². The molecular weight excluding hydrogens is 300 g/mol. The number of hydrogen-bond acceptors (Lipinski definition) is 3. The third kappa shape index (κ3) is 3.63. The molecule has 0 bridgehead atoms.